The number of hydrogen-bond acceptors (Lipinski definition) is 32. The van der Waals surface area contributed by atoms with Crippen LogP contribution in [0.3, 0.4) is 0 Å². The highest BCUT2D eigenvalue weighted by molar-refractivity contribution is 5.94. The van der Waals surface area contributed by atoms with Gasteiger partial charge in [-0.1, -0.05) is 164 Å². The van der Waals surface area contributed by atoms with Crippen LogP contribution in [0.25, 0.3) is 0 Å². The number of aliphatic hydroxyl groups excluding tert-OH is 1. The Kier molecular flexibility index (Phi) is 31.4. The van der Waals surface area contributed by atoms with E-state index in [1.807, 2.05) is 0 Å². The van der Waals surface area contributed by atoms with E-state index in [1.165, 1.54) is 236 Å². The van der Waals surface area contributed by atoms with Gasteiger partial charge >= 0.3 is 71.6 Å². The van der Waals surface area contributed by atoms with Crippen LogP contribution in [0.15, 0.2) is 273 Å². The number of carbonyl (C=O) groups is 12. The lowest BCUT2D eigenvalue weighted by molar-refractivity contribution is -0.270. The van der Waals surface area contributed by atoms with E-state index in [9.17, 15) is 43.5 Å². The van der Waals surface area contributed by atoms with E-state index in [0.717, 1.165) is 6.92 Å². The number of hydrogen-bond donors (Lipinski definition) is 1. The third-order valence-corrected chi connectivity index (χ3v) is 20.8. The SMILES string of the molecule is CC(=O)O[C@@H]1[C@@H](OC(=O)C(C)(C)C)[C@H](O)O[C@H]1[C@@H](COC(=O)C(C)(C)C)O[C@@H]1O[C@@H]([C@@H](CO[C@@H]2O[C@@H]([C@@H](COC(=O)c3ccccc3)OC(=O)c3ccccc3)[C@H](OC(=O)c3ccccc3)[C@H]2OC(=O)c2ccccc2)O[C@H]2O[C@H](COC(=O)c3ccccc3)[C@@H](OC(=O)c3ccccc3)[C@@H]2OC(=O)c2ccccc2)[C@H](OC(=O)c2ccccc2)[C@H]1OC(=O)c1ccccc1. The van der Waals surface area contributed by atoms with E-state index in [-0.39, 0.29) is 50.1 Å². The van der Waals surface area contributed by atoms with Gasteiger partial charge in [-0.25, -0.2) is 43.2 Å². The van der Waals surface area contributed by atoms with Crippen LogP contribution < -0.4 is 0 Å². The van der Waals surface area contributed by atoms with Gasteiger partial charge < -0.3 is 95.1 Å². The molecule has 32 heteroatoms. The molecule has 4 fully saturated rings. The van der Waals surface area contributed by atoms with Gasteiger partial charge in [-0.05, 0) is 151 Å². The first kappa shape index (κ1) is 93.9. The average Bonchev–Trinajstić information content (AvgIpc) is 1.62. The predicted octanol–water partition coefficient (Wildman–Crippen LogP) is 11.4. The highest BCUT2D eigenvalue weighted by atomic mass is 16.8. The van der Waals surface area contributed by atoms with Crippen molar-refractivity contribution in [3.05, 3.63) is 323 Å². The summed E-state index contributed by atoms with van der Waals surface area (Å²) in [6.07, 6.45) is -38.8. The fourth-order valence-corrected chi connectivity index (χ4v) is 14.1. The largest absolute Gasteiger partial charge is 0.462 e. The Morgan fingerprint density at radius 2 is 0.569 bits per heavy atom. The molecule has 4 aliphatic rings. The fourth-order valence-electron chi connectivity index (χ4n) is 14.1. The molecule has 4 saturated heterocycles. The van der Waals surface area contributed by atoms with E-state index in [4.69, 9.17) is 90.0 Å². The molecule has 4 heterocycles. The zero-order valence-corrected chi connectivity index (χ0v) is 71.4. The van der Waals surface area contributed by atoms with Crippen molar-refractivity contribution in [2.75, 3.05) is 26.4 Å². The van der Waals surface area contributed by atoms with E-state index in [0.29, 0.717) is 0 Å². The molecule has 0 saturated carbocycles. The Bertz CT molecular complexity index is 5360. The second-order valence-corrected chi connectivity index (χ2v) is 32.4. The fraction of sp³-hybridized carbons (Fsp3) is 0.327. The maximum Gasteiger partial charge on any atom is 0.338 e. The lowest BCUT2D eigenvalue weighted by atomic mass is 9.97. The van der Waals surface area contributed by atoms with Crippen molar-refractivity contribution < 1.29 is 153 Å². The average molecular weight is 1780 g/mol. The van der Waals surface area contributed by atoms with Gasteiger partial charge in [0.2, 0.25) is 0 Å². The molecule has 0 aliphatic carbocycles. The zero-order chi connectivity index (χ0) is 92.2. The highest BCUT2D eigenvalue weighted by Crippen LogP contribution is 2.42. The minimum atomic E-state index is -2.29. The molecule has 0 amide bonds. The number of ether oxygens (including phenoxy) is 19. The molecule has 130 heavy (non-hydrogen) atoms. The van der Waals surface area contributed by atoms with Crippen molar-refractivity contribution in [2.45, 2.75) is 165 Å². The normalized spacial score (nSPS) is 23.4. The third-order valence-electron chi connectivity index (χ3n) is 20.8. The lowest BCUT2D eigenvalue weighted by Crippen LogP contribution is -2.51. The van der Waals surface area contributed by atoms with Crippen LogP contribution in [0.1, 0.15) is 142 Å². The van der Waals surface area contributed by atoms with Crippen molar-refractivity contribution in [3.63, 3.8) is 0 Å². The van der Waals surface area contributed by atoms with Gasteiger partial charge in [-0.2, -0.15) is 0 Å². The zero-order valence-electron chi connectivity index (χ0n) is 71.4. The van der Waals surface area contributed by atoms with E-state index in [1.54, 1.807) is 78.9 Å². The first-order chi connectivity index (χ1) is 62.5. The van der Waals surface area contributed by atoms with Gasteiger partial charge in [-0.3, -0.25) is 14.4 Å². The van der Waals surface area contributed by atoms with Crippen LogP contribution in [0.5, 0.6) is 0 Å². The predicted molar refractivity (Wildman–Crippen MR) is 451 cm³/mol. The Balaban J connectivity index is 1.01. The summed E-state index contributed by atoms with van der Waals surface area (Å²) in [7, 11) is 0. The molecule has 9 aromatic carbocycles. The summed E-state index contributed by atoms with van der Waals surface area (Å²) in [6, 6.07) is 67.4. The van der Waals surface area contributed by atoms with Crippen LogP contribution in [0.2, 0.25) is 0 Å². The van der Waals surface area contributed by atoms with Crippen LogP contribution >= 0.6 is 0 Å². The second kappa shape index (κ2) is 43.4. The first-order valence-corrected chi connectivity index (χ1v) is 41.6. The minimum absolute atomic E-state index is 0.0379. The molecule has 19 atom stereocenters. The quantitative estimate of drug-likeness (QED) is 0.0289. The topological polar surface area (TPSA) is 400 Å². The minimum Gasteiger partial charge on any atom is -0.462 e. The van der Waals surface area contributed by atoms with Crippen LogP contribution in [0, 0.1) is 10.8 Å². The Morgan fingerprint density at radius 1 is 0.285 bits per heavy atom. The van der Waals surface area contributed by atoms with Crippen molar-refractivity contribution in [3.8, 4) is 0 Å². The second-order valence-electron chi connectivity index (χ2n) is 32.4. The van der Waals surface area contributed by atoms with Crippen molar-refractivity contribution in [1.82, 2.24) is 0 Å². The summed E-state index contributed by atoms with van der Waals surface area (Å²) >= 11 is 0. The highest BCUT2D eigenvalue weighted by Gasteiger charge is 2.62. The molecule has 0 radical (unpaired) electrons. The van der Waals surface area contributed by atoms with Gasteiger partial charge in [0.1, 0.15) is 56.4 Å². The van der Waals surface area contributed by atoms with Crippen molar-refractivity contribution in [2.24, 2.45) is 10.8 Å². The molecule has 0 bridgehead atoms. The van der Waals surface area contributed by atoms with E-state index >= 15 is 19.2 Å². The lowest BCUT2D eigenvalue weighted by Gasteiger charge is -2.33. The number of esters is 12. The monoisotopic (exact) mass is 1780 g/mol. The van der Waals surface area contributed by atoms with Crippen molar-refractivity contribution in [1.29, 1.82) is 0 Å². The van der Waals surface area contributed by atoms with Gasteiger partial charge in [0.05, 0.1) is 67.5 Å². The molecule has 13 rings (SSSR count). The number of aliphatic hydroxyl groups is 1. The maximum atomic E-state index is 15.5. The molecular weight excluding hydrogens is 1690 g/mol. The summed E-state index contributed by atoms with van der Waals surface area (Å²) < 4.78 is 123. The molecule has 9 aromatic rings. The van der Waals surface area contributed by atoms with Crippen LogP contribution in [-0.2, 0) is 104 Å². The van der Waals surface area contributed by atoms with Gasteiger partial charge in [0, 0.05) is 6.92 Å². The maximum absolute atomic E-state index is 15.5. The van der Waals surface area contributed by atoms with E-state index < -0.39 is 226 Å². The molecule has 0 unspecified atom stereocenters. The molecule has 1 N–H and O–H groups in total. The smallest absolute Gasteiger partial charge is 0.338 e. The Labute approximate surface area is 746 Å². The Morgan fingerprint density at radius 3 is 0.946 bits per heavy atom. The standard InChI is InChI=1S/C98H94O32/c1-57(99)116-75-71(122-91(109)78(75)130-96(111)98(5,6)7)70(56-115-95(110)97(2,3)4)120-94-81(127-90(108)66-51-33-16-34-52-66)77(124-87(105)63-45-27-13-28-46-63)73(129-94)69(119-93-79(125-88(106)64-47-29-14-30-48-64)74(121-85(103)61-41-23-11-24-42-61)68(118-93)54-113-83(101)59-37-19-9-20-38-59)55-114-92-80(126-89(107)65-49-31-15-32-50-65)76(123-86(104)62-43-25-12-26-44-62)72(128-92)67(117-84(102)60-39-21-10-22-40-60)53-112-82(100)58-35-17-8-18-36-58/h8-52,67-81,91-94,109H,53-56H2,1-7H3/t67-,68-,69-,70-,71+,72+,73+,74-,75+,76+,77+,78-,79+,80-,81-,91-,92-,93-,94-/m1/s1. The number of carbonyl (C=O) groups excluding carboxylic acids is 12. The molecule has 32 nitrogen and oxygen atoms in total. The van der Waals surface area contributed by atoms with Gasteiger partial charge in [0.15, 0.2) is 80.1 Å². The summed E-state index contributed by atoms with van der Waals surface area (Å²) in [6.45, 7) is 6.25. The van der Waals surface area contributed by atoms with Crippen molar-refractivity contribution >= 4 is 71.6 Å². The van der Waals surface area contributed by atoms with E-state index in [2.05, 4.69) is 0 Å². The molecule has 0 spiro atoms. The molecule has 4 aliphatic heterocycles. The number of rotatable bonds is 34. The first-order valence-electron chi connectivity index (χ1n) is 41.6. The van der Waals surface area contributed by atoms with Crippen LogP contribution in [-0.4, -0.2) is 220 Å². The molecular formula is C98H94O32. The summed E-state index contributed by atoms with van der Waals surface area (Å²) in [4.78, 5) is 175. The molecule has 0 aromatic heterocycles. The summed E-state index contributed by atoms with van der Waals surface area (Å²) in [5.41, 5.74) is -3.10. The third kappa shape index (κ3) is 24.2. The Hall–Kier alpha value is -13.7. The van der Waals surface area contributed by atoms with Gasteiger partial charge in [0.25, 0.3) is 0 Å². The van der Waals surface area contributed by atoms with Gasteiger partial charge in [-0.15, -0.1) is 0 Å². The number of benzene rings is 9. The summed E-state index contributed by atoms with van der Waals surface area (Å²) in [5.74, 6) is -12.4. The van der Waals surface area contributed by atoms with Crippen LogP contribution in [0.4, 0.5) is 0 Å². The molecule has 678 valence electrons. The summed E-state index contributed by atoms with van der Waals surface area (Å²) in [5, 5.41) is 11.9.